The number of carbonyl (C=O) groups is 2. The molecular weight excluding hydrogens is 440 g/mol. The second-order valence-electron chi connectivity index (χ2n) is 8.36. The summed E-state index contributed by atoms with van der Waals surface area (Å²) in [5, 5.41) is 3.12. The number of hydrogen-bond donors (Lipinski definition) is 1. The first-order chi connectivity index (χ1) is 16.4. The van der Waals surface area contributed by atoms with Crippen molar-refractivity contribution in [3.05, 3.63) is 118 Å². The average molecular weight is 467 g/mol. The van der Waals surface area contributed by atoms with Crippen LogP contribution >= 0.6 is 12.2 Å². The van der Waals surface area contributed by atoms with Crippen molar-refractivity contribution in [2.75, 3.05) is 13.1 Å². The molecule has 1 fully saturated rings. The van der Waals surface area contributed by atoms with Gasteiger partial charge in [0.25, 0.3) is 5.91 Å². The van der Waals surface area contributed by atoms with Gasteiger partial charge in [0.2, 0.25) is 0 Å². The number of Topliss-reactive ketones (excluding diaryl/α,β-unsaturated/α-hetero) is 1. The molecule has 0 aromatic heterocycles. The van der Waals surface area contributed by atoms with Crippen LogP contribution in [0, 0.1) is 13.8 Å². The molecule has 1 amide bonds. The molecule has 34 heavy (non-hydrogen) atoms. The number of rotatable bonds is 3. The van der Waals surface area contributed by atoms with E-state index >= 15 is 0 Å². The molecule has 1 saturated heterocycles. The first kappa shape index (κ1) is 23.3. The van der Waals surface area contributed by atoms with E-state index in [9.17, 15) is 9.59 Å². The van der Waals surface area contributed by atoms with Crippen LogP contribution in [-0.4, -0.2) is 34.8 Å². The third-order valence-electron chi connectivity index (χ3n) is 5.89. The van der Waals surface area contributed by atoms with Gasteiger partial charge in [-0.15, -0.1) is 0 Å². The van der Waals surface area contributed by atoms with E-state index in [4.69, 9.17) is 12.2 Å². The van der Waals surface area contributed by atoms with Crippen LogP contribution in [0.5, 0.6) is 0 Å². The number of nitrogens with one attached hydrogen (secondary N) is 1. The Morgan fingerprint density at radius 1 is 0.794 bits per heavy atom. The standard InChI is InChI=1S/C29H26N2O2S/c1-20-10-6-8-14-23(20)16-25-18-31(29(34)30-28(33)22-12-4-3-5-13-22)19-26(27(25)32)17-24-15-9-7-11-21(24)2/h3-17H,18-19H2,1-2H3,(H,30,33,34)/b25-16+,26-17+. The summed E-state index contributed by atoms with van der Waals surface area (Å²) in [6.07, 6.45) is 3.86. The monoisotopic (exact) mass is 466 g/mol. The Balaban J connectivity index is 1.67. The van der Waals surface area contributed by atoms with Gasteiger partial charge in [-0.2, -0.15) is 0 Å². The van der Waals surface area contributed by atoms with Crippen molar-refractivity contribution in [3.63, 3.8) is 0 Å². The van der Waals surface area contributed by atoms with Crippen molar-refractivity contribution in [1.82, 2.24) is 10.2 Å². The molecule has 3 aromatic rings. The lowest BCUT2D eigenvalue weighted by Gasteiger charge is -2.32. The molecule has 1 aliphatic heterocycles. The van der Waals surface area contributed by atoms with E-state index in [0.29, 0.717) is 34.9 Å². The summed E-state index contributed by atoms with van der Waals surface area (Å²) in [6, 6.07) is 24.9. The van der Waals surface area contributed by atoms with Crippen LogP contribution < -0.4 is 5.32 Å². The maximum Gasteiger partial charge on any atom is 0.257 e. The number of benzene rings is 3. The number of thiocarbonyl (C=S) groups is 1. The van der Waals surface area contributed by atoms with Crippen molar-refractivity contribution < 1.29 is 9.59 Å². The molecule has 0 spiro atoms. The van der Waals surface area contributed by atoms with E-state index < -0.39 is 0 Å². The lowest BCUT2D eigenvalue weighted by Crippen LogP contribution is -2.48. The Morgan fingerprint density at radius 2 is 1.26 bits per heavy atom. The van der Waals surface area contributed by atoms with Gasteiger partial charge in [0.05, 0.1) is 0 Å². The quantitative estimate of drug-likeness (QED) is 0.417. The van der Waals surface area contributed by atoms with Gasteiger partial charge >= 0.3 is 0 Å². The first-order valence-corrected chi connectivity index (χ1v) is 11.6. The Morgan fingerprint density at radius 3 is 1.76 bits per heavy atom. The third-order valence-corrected chi connectivity index (χ3v) is 6.25. The van der Waals surface area contributed by atoms with E-state index in [1.807, 2.05) is 97.6 Å². The first-order valence-electron chi connectivity index (χ1n) is 11.1. The van der Waals surface area contributed by atoms with E-state index in [1.165, 1.54) is 0 Å². The number of piperidine rings is 1. The zero-order valence-corrected chi connectivity index (χ0v) is 20.1. The Labute approximate surface area is 205 Å². The highest BCUT2D eigenvalue weighted by Crippen LogP contribution is 2.24. The number of hydrogen-bond acceptors (Lipinski definition) is 3. The summed E-state index contributed by atoms with van der Waals surface area (Å²) in [7, 11) is 0. The minimum absolute atomic E-state index is 0.0000537. The fourth-order valence-corrected chi connectivity index (χ4v) is 4.12. The van der Waals surface area contributed by atoms with Crippen molar-refractivity contribution in [3.8, 4) is 0 Å². The lowest BCUT2D eigenvalue weighted by atomic mass is 9.93. The number of likely N-dealkylation sites (tertiary alicyclic amines) is 1. The van der Waals surface area contributed by atoms with Crippen molar-refractivity contribution in [2.24, 2.45) is 0 Å². The third kappa shape index (κ3) is 5.38. The highest BCUT2D eigenvalue weighted by molar-refractivity contribution is 7.80. The van der Waals surface area contributed by atoms with Crippen LogP contribution in [0.2, 0.25) is 0 Å². The van der Waals surface area contributed by atoms with Gasteiger partial charge in [0.1, 0.15) is 0 Å². The summed E-state index contributed by atoms with van der Waals surface area (Å²) < 4.78 is 0. The molecule has 3 aromatic carbocycles. The second-order valence-corrected chi connectivity index (χ2v) is 8.75. The normalized spacial score (nSPS) is 16.1. The summed E-state index contributed by atoms with van der Waals surface area (Å²) in [6.45, 7) is 4.69. The number of carbonyl (C=O) groups excluding carboxylic acids is 2. The SMILES string of the molecule is Cc1ccccc1/C=C1\CN(C(=S)NC(=O)c2ccccc2)C/C(=C\c2ccccc2C)C1=O. The zero-order chi connectivity index (χ0) is 24.1. The van der Waals surface area contributed by atoms with Gasteiger partial charge in [-0.25, -0.2) is 0 Å². The maximum atomic E-state index is 13.5. The van der Waals surface area contributed by atoms with Gasteiger partial charge in [0, 0.05) is 29.8 Å². The summed E-state index contributed by atoms with van der Waals surface area (Å²) in [5.74, 6) is -0.267. The summed E-state index contributed by atoms with van der Waals surface area (Å²) in [5.41, 5.74) is 5.95. The Hall–Kier alpha value is -3.83. The molecule has 0 saturated carbocycles. The van der Waals surface area contributed by atoms with Crippen LogP contribution in [-0.2, 0) is 4.79 Å². The van der Waals surface area contributed by atoms with Crippen molar-refractivity contribution in [2.45, 2.75) is 13.8 Å². The van der Waals surface area contributed by atoms with E-state index in [-0.39, 0.29) is 11.7 Å². The molecule has 4 rings (SSSR count). The van der Waals surface area contributed by atoms with E-state index in [1.54, 1.807) is 12.1 Å². The van der Waals surface area contributed by atoms with Crippen LogP contribution in [0.1, 0.15) is 32.6 Å². The minimum Gasteiger partial charge on any atom is -0.340 e. The average Bonchev–Trinajstić information content (AvgIpc) is 2.84. The van der Waals surface area contributed by atoms with Crippen LogP contribution in [0.4, 0.5) is 0 Å². The number of aryl methyl sites for hydroxylation is 2. The molecule has 0 radical (unpaired) electrons. The molecule has 0 aliphatic carbocycles. The van der Waals surface area contributed by atoms with Gasteiger partial charge in [-0.3, -0.25) is 14.9 Å². The molecule has 5 heteroatoms. The largest absolute Gasteiger partial charge is 0.340 e. The highest BCUT2D eigenvalue weighted by atomic mass is 32.1. The maximum absolute atomic E-state index is 13.5. The Kier molecular flexibility index (Phi) is 7.14. The predicted molar refractivity (Wildman–Crippen MR) is 141 cm³/mol. The highest BCUT2D eigenvalue weighted by Gasteiger charge is 2.28. The molecule has 4 nitrogen and oxygen atoms in total. The second kappa shape index (κ2) is 10.4. The van der Waals surface area contributed by atoms with E-state index in [2.05, 4.69) is 5.32 Å². The van der Waals surface area contributed by atoms with Crippen molar-refractivity contribution in [1.29, 1.82) is 0 Å². The zero-order valence-electron chi connectivity index (χ0n) is 19.2. The molecule has 170 valence electrons. The molecule has 1 aliphatic rings. The molecule has 0 unspecified atom stereocenters. The number of nitrogens with zero attached hydrogens (tertiary/aromatic N) is 1. The topological polar surface area (TPSA) is 49.4 Å². The van der Waals surface area contributed by atoms with Crippen LogP contribution in [0.3, 0.4) is 0 Å². The van der Waals surface area contributed by atoms with Gasteiger partial charge < -0.3 is 4.90 Å². The minimum atomic E-state index is -0.267. The van der Waals surface area contributed by atoms with Crippen LogP contribution in [0.25, 0.3) is 12.2 Å². The van der Waals surface area contributed by atoms with Gasteiger partial charge in [-0.1, -0.05) is 66.7 Å². The molecule has 1 N–H and O–H groups in total. The van der Waals surface area contributed by atoms with Gasteiger partial charge in [-0.05, 0) is 72.6 Å². The number of amides is 1. The van der Waals surface area contributed by atoms with Crippen molar-refractivity contribution >= 4 is 41.2 Å². The fourth-order valence-electron chi connectivity index (χ4n) is 3.89. The molecule has 0 bridgehead atoms. The number of ketones is 1. The Bertz CT molecular complexity index is 1240. The van der Waals surface area contributed by atoms with Crippen LogP contribution in [0.15, 0.2) is 90.0 Å². The molecule has 0 atom stereocenters. The summed E-state index contributed by atoms with van der Waals surface area (Å²) >= 11 is 5.60. The summed E-state index contributed by atoms with van der Waals surface area (Å²) in [4.78, 5) is 28.0. The molecular formula is C29H26N2O2S. The predicted octanol–water partition coefficient (Wildman–Crippen LogP) is 5.37. The molecule has 1 heterocycles. The lowest BCUT2D eigenvalue weighted by molar-refractivity contribution is -0.113. The van der Waals surface area contributed by atoms with E-state index in [0.717, 1.165) is 22.3 Å². The van der Waals surface area contributed by atoms with Gasteiger partial charge in [0.15, 0.2) is 10.9 Å². The fraction of sp³-hybridized carbons (Fsp3) is 0.138. The smallest absolute Gasteiger partial charge is 0.257 e.